The van der Waals surface area contributed by atoms with Crippen LogP contribution in [0.1, 0.15) is 17.0 Å². The number of aromatic nitrogens is 3. The number of benzene rings is 2. The summed E-state index contributed by atoms with van der Waals surface area (Å²) in [6, 6.07) is 13.6. The molecular formula is C20H17F2N5O3S. The molecular weight excluding hydrogens is 428 g/mol. The minimum atomic E-state index is -3.99. The lowest BCUT2D eigenvalue weighted by Crippen LogP contribution is -2.14. The highest BCUT2D eigenvalue weighted by Crippen LogP contribution is 2.30. The number of nitrogens with zero attached hydrogens (tertiary/aromatic N) is 3. The highest BCUT2D eigenvalue weighted by Gasteiger charge is 2.21. The third kappa shape index (κ3) is 3.75. The Bertz CT molecular complexity index is 1390. The third-order valence-corrected chi connectivity index (χ3v) is 6.08. The molecule has 0 aliphatic heterocycles. The summed E-state index contributed by atoms with van der Waals surface area (Å²) < 4.78 is 57.1. The quantitative estimate of drug-likeness (QED) is 0.474. The fraction of sp³-hybridized carbons (Fsp3) is 0.100. The second-order valence-electron chi connectivity index (χ2n) is 6.79. The average molecular weight is 445 g/mol. The number of primary amides is 1. The number of amides is 1. The van der Waals surface area contributed by atoms with Crippen molar-refractivity contribution in [3.05, 3.63) is 66.5 Å². The molecule has 4 aromatic rings. The second kappa shape index (κ2) is 7.51. The third-order valence-electron chi connectivity index (χ3n) is 4.73. The number of para-hydroxylation sites is 2. The molecule has 1 amide bonds. The van der Waals surface area contributed by atoms with Gasteiger partial charge in [0.15, 0.2) is 0 Å². The SMILES string of the molecule is Cn1cc(S(=O)(=O)Nc2ccc(-c3nc4ccccc4n3C(F)F)cc2)cc1C(N)=O. The van der Waals surface area contributed by atoms with Crippen LogP contribution in [0.3, 0.4) is 0 Å². The van der Waals surface area contributed by atoms with Crippen molar-refractivity contribution in [2.24, 2.45) is 12.8 Å². The summed E-state index contributed by atoms with van der Waals surface area (Å²) in [5.74, 6) is -0.685. The first-order valence-electron chi connectivity index (χ1n) is 9.02. The summed E-state index contributed by atoms with van der Waals surface area (Å²) in [5, 5.41) is 0. The molecule has 0 saturated heterocycles. The van der Waals surface area contributed by atoms with E-state index in [-0.39, 0.29) is 22.1 Å². The molecule has 0 unspecified atom stereocenters. The number of rotatable bonds is 6. The van der Waals surface area contributed by atoms with E-state index in [1.54, 1.807) is 24.3 Å². The van der Waals surface area contributed by atoms with Crippen LogP contribution in [-0.2, 0) is 17.1 Å². The molecule has 0 saturated carbocycles. The van der Waals surface area contributed by atoms with Gasteiger partial charge in [0.2, 0.25) is 0 Å². The molecule has 0 fully saturated rings. The van der Waals surface area contributed by atoms with E-state index in [4.69, 9.17) is 5.73 Å². The molecule has 0 radical (unpaired) electrons. The summed E-state index contributed by atoms with van der Waals surface area (Å²) >= 11 is 0. The van der Waals surface area contributed by atoms with Gasteiger partial charge in [-0.05, 0) is 42.5 Å². The molecule has 8 nitrogen and oxygen atoms in total. The van der Waals surface area contributed by atoms with E-state index in [9.17, 15) is 22.0 Å². The fourth-order valence-electron chi connectivity index (χ4n) is 3.27. The molecule has 3 N–H and O–H groups in total. The number of aryl methyl sites for hydroxylation is 1. The Kier molecular flexibility index (Phi) is 4.97. The zero-order valence-electron chi connectivity index (χ0n) is 16.2. The van der Waals surface area contributed by atoms with Crippen molar-refractivity contribution in [1.82, 2.24) is 14.1 Å². The highest BCUT2D eigenvalue weighted by atomic mass is 32.2. The molecule has 31 heavy (non-hydrogen) atoms. The van der Waals surface area contributed by atoms with Crippen LogP contribution in [0.25, 0.3) is 22.4 Å². The van der Waals surface area contributed by atoms with Gasteiger partial charge in [0.1, 0.15) is 16.4 Å². The van der Waals surface area contributed by atoms with Gasteiger partial charge in [0.05, 0.1) is 11.0 Å². The Balaban J connectivity index is 1.65. The number of hydrogen-bond donors (Lipinski definition) is 2. The number of nitrogens with one attached hydrogen (secondary N) is 1. The first-order valence-corrected chi connectivity index (χ1v) is 10.5. The number of nitrogens with two attached hydrogens (primary N) is 1. The van der Waals surface area contributed by atoms with Crippen molar-refractivity contribution in [3.8, 4) is 11.4 Å². The summed E-state index contributed by atoms with van der Waals surface area (Å²) in [4.78, 5) is 15.5. The standard InChI is InChI=1S/C20H17F2N5O3S/c1-26-11-14(10-17(26)18(23)28)31(29,30)25-13-8-6-12(7-9-13)19-24-15-4-2-3-5-16(15)27(19)20(21)22/h2-11,20,25H,1H3,(H2,23,28). The number of imidazole rings is 1. The number of alkyl halides is 2. The average Bonchev–Trinajstić information content (AvgIpc) is 3.29. The van der Waals surface area contributed by atoms with Crippen LogP contribution in [0.2, 0.25) is 0 Å². The monoisotopic (exact) mass is 445 g/mol. The van der Waals surface area contributed by atoms with E-state index < -0.39 is 22.5 Å². The van der Waals surface area contributed by atoms with Crippen LogP contribution >= 0.6 is 0 Å². The van der Waals surface area contributed by atoms with Gasteiger partial charge in [-0.1, -0.05) is 12.1 Å². The number of sulfonamides is 1. The maximum Gasteiger partial charge on any atom is 0.320 e. The molecule has 2 aromatic heterocycles. The fourth-order valence-corrected chi connectivity index (χ4v) is 4.40. The topological polar surface area (TPSA) is 112 Å². The maximum atomic E-state index is 13.7. The van der Waals surface area contributed by atoms with E-state index in [2.05, 4.69) is 9.71 Å². The lowest BCUT2D eigenvalue weighted by atomic mass is 10.2. The summed E-state index contributed by atoms with van der Waals surface area (Å²) in [7, 11) is -2.48. The van der Waals surface area contributed by atoms with Gasteiger partial charge in [-0.15, -0.1) is 0 Å². The van der Waals surface area contributed by atoms with Crippen LogP contribution < -0.4 is 10.5 Å². The van der Waals surface area contributed by atoms with Crippen LogP contribution in [0.4, 0.5) is 14.5 Å². The van der Waals surface area contributed by atoms with E-state index >= 15 is 0 Å². The summed E-state index contributed by atoms with van der Waals surface area (Å²) in [5.41, 5.74) is 6.60. The van der Waals surface area contributed by atoms with Crippen molar-refractivity contribution < 1.29 is 22.0 Å². The molecule has 0 aliphatic carbocycles. The van der Waals surface area contributed by atoms with Gasteiger partial charge >= 0.3 is 6.55 Å². The van der Waals surface area contributed by atoms with Crippen molar-refractivity contribution in [3.63, 3.8) is 0 Å². The van der Waals surface area contributed by atoms with E-state index in [1.165, 1.54) is 48.1 Å². The normalized spacial score (nSPS) is 11.9. The van der Waals surface area contributed by atoms with E-state index in [1.807, 2.05) is 0 Å². The molecule has 0 aliphatic rings. The van der Waals surface area contributed by atoms with Crippen molar-refractivity contribution >= 4 is 32.7 Å². The molecule has 160 valence electrons. The van der Waals surface area contributed by atoms with Gasteiger partial charge < -0.3 is 10.3 Å². The van der Waals surface area contributed by atoms with Crippen LogP contribution in [0, 0.1) is 0 Å². The molecule has 0 atom stereocenters. The van der Waals surface area contributed by atoms with Gasteiger partial charge in [-0.25, -0.2) is 13.4 Å². The Hall–Kier alpha value is -3.73. The lowest BCUT2D eigenvalue weighted by molar-refractivity contribution is 0.0764. The van der Waals surface area contributed by atoms with E-state index in [0.717, 1.165) is 4.57 Å². The molecule has 4 rings (SSSR count). The van der Waals surface area contributed by atoms with E-state index in [0.29, 0.717) is 16.6 Å². The Morgan fingerprint density at radius 1 is 1.13 bits per heavy atom. The van der Waals surface area contributed by atoms with Crippen LogP contribution in [-0.4, -0.2) is 28.4 Å². The summed E-state index contributed by atoms with van der Waals surface area (Å²) in [6.45, 7) is -2.79. The molecule has 0 spiro atoms. The number of carbonyl (C=O) groups is 1. The Labute approximate surface area is 176 Å². The number of anilines is 1. The smallest absolute Gasteiger partial charge is 0.320 e. The zero-order chi connectivity index (χ0) is 22.3. The zero-order valence-corrected chi connectivity index (χ0v) is 17.0. The molecule has 2 aromatic carbocycles. The minimum Gasteiger partial charge on any atom is -0.364 e. The predicted octanol–water partition coefficient (Wildman–Crippen LogP) is 3.34. The number of carbonyl (C=O) groups excluding carboxylic acids is 1. The molecule has 2 heterocycles. The Morgan fingerprint density at radius 3 is 2.42 bits per heavy atom. The van der Waals surface area contributed by atoms with Gasteiger partial charge in [-0.2, -0.15) is 8.78 Å². The molecule has 0 bridgehead atoms. The minimum absolute atomic E-state index is 0.0432. The van der Waals surface area contributed by atoms with Crippen molar-refractivity contribution in [2.75, 3.05) is 4.72 Å². The van der Waals surface area contributed by atoms with Gasteiger partial charge in [0, 0.05) is 24.5 Å². The second-order valence-corrected chi connectivity index (χ2v) is 8.47. The first kappa shape index (κ1) is 20.5. The van der Waals surface area contributed by atoms with Crippen LogP contribution in [0.15, 0.2) is 65.7 Å². The highest BCUT2D eigenvalue weighted by molar-refractivity contribution is 7.92. The lowest BCUT2D eigenvalue weighted by Gasteiger charge is -2.10. The number of hydrogen-bond acceptors (Lipinski definition) is 4. The predicted molar refractivity (Wildman–Crippen MR) is 111 cm³/mol. The largest absolute Gasteiger partial charge is 0.364 e. The number of fused-ring (bicyclic) bond motifs is 1. The Morgan fingerprint density at radius 2 is 1.81 bits per heavy atom. The van der Waals surface area contributed by atoms with Crippen molar-refractivity contribution in [2.45, 2.75) is 11.4 Å². The first-order chi connectivity index (χ1) is 14.7. The maximum absolute atomic E-state index is 13.7. The number of halogens is 2. The van der Waals surface area contributed by atoms with Gasteiger partial charge in [0.25, 0.3) is 15.9 Å². The molecule has 11 heteroatoms. The summed E-state index contributed by atoms with van der Waals surface area (Å²) in [6.07, 6.45) is 1.27. The van der Waals surface area contributed by atoms with Gasteiger partial charge in [-0.3, -0.25) is 14.1 Å². The van der Waals surface area contributed by atoms with Crippen molar-refractivity contribution in [1.29, 1.82) is 0 Å². The van der Waals surface area contributed by atoms with Crippen LogP contribution in [0.5, 0.6) is 0 Å².